The fourth-order valence-corrected chi connectivity index (χ4v) is 4.81. The number of esters is 1. The molecule has 1 amide bonds. The van der Waals surface area contributed by atoms with E-state index < -0.39 is 11.9 Å². The maximum Gasteiger partial charge on any atom is 0.341 e. The van der Waals surface area contributed by atoms with Crippen molar-refractivity contribution in [3.8, 4) is 33.8 Å². The van der Waals surface area contributed by atoms with Gasteiger partial charge in [-0.2, -0.15) is 0 Å². The summed E-state index contributed by atoms with van der Waals surface area (Å²) in [5.41, 5.74) is 19.2. The minimum atomic E-state index is -0.577. The van der Waals surface area contributed by atoms with Gasteiger partial charge in [-0.3, -0.25) is 4.79 Å². The van der Waals surface area contributed by atoms with Crippen LogP contribution in [0.4, 0.5) is 5.69 Å². The summed E-state index contributed by atoms with van der Waals surface area (Å²) in [7, 11) is 4.40. The van der Waals surface area contributed by atoms with Crippen molar-refractivity contribution in [1.82, 2.24) is 4.57 Å². The summed E-state index contributed by atoms with van der Waals surface area (Å²) in [6.45, 7) is 4.34. The van der Waals surface area contributed by atoms with Gasteiger partial charge in [-0.05, 0) is 72.5 Å². The number of carbonyl (C=O) groups is 2. The van der Waals surface area contributed by atoms with E-state index in [1.807, 2.05) is 60.9 Å². The zero-order valence-electron chi connectivity index (χ0n) is 22.1. The Morgan fingerprint density at radius 2 is 1.58 bits per heavy atom. The van der Waals surface area contributed by atoms with Gasteiger partial charge in [-0.15, -0.1) is 0 Å². The van der Waals surface area contributed by atoms with Crippen LogP contribution >= 0.6 is 0 Å². The molecule has 0 spiro atoms. The van der Waals surface area contributed by atoms with E-state index in [1.54, 1.807) is 25.3 Å². The zero-order chi connectivity index (χ0) is 27.6. The van der Waals surface area contributed by atoms with Crippen molar-refractivity contribution in [2.75, 3.05) is 27.1 Å². The predicted octanol–water partition coefficient (Wildman–Crippen LogP) is 4.97. The lowest BCUT2D eigenvalue weighted by molar-refractivity contribution is 0.0597. The third-order valence-electron chi connectivity index (χ3n) is 6.67. The van der Waals surface area contributed by atoms with Gasteiger partial charge in [0.2, 0.25) is 0 Å². The molecule has 3 aromatic carbocycles. The number of amides is 1. The van der Waals surface area contributed by atoms with Gasteiger partial charge in [0.05, 0.1) is 21.3 Å². The van der Waals surface area contributed by atoms with E-state index in [0.717, 1.165) is 33.7 Å². The molecule has 0 bridgehead atoms. The number of carbonyl (C=O) groups excluding carboxylic acids is 2. The molecular formula is C30H31N3O5. The monoisotopic (exact) mass is 513 g/mol. The normalized spacial score (nSPS) is 10.8. The second-order valence-electron chi connectivity index (χ2n) is 8.96. The molecule has 1 aromatic heterocycles. The number of anilines is 1. The van der Waals surface area contributed by atoms with Crippen molar-refractivity contribution in [2.24, 2.45) is 5.73 Å². The van der Waals surface area contributed by atoms with Crippen LogP contribution in [-0.2, 0) is 11.3 Å². The van der Waals surface area contributed by atoms with Gasteiger partial charge < -0.3 is 30.2 Å². The molecule has 0 saturated heterocycles. The number of aromatic nitrogens is 1. The van der Waals surface area contributed by atoms with Crippen LogP contribution in [0.2, 0.25) is 0 Å². The van der Waals surface area contributed by atoms with Crippen molar-refractivity contribution >= 4 is 17.6 Å². The second kappa shape index (κ2) is 10.7. The molecule has 0 fully saturated rings. The number of nitrogens with two attached hydrogens (primary N) is 2. The number of nitrogen functional groups attached to an aromatic ring is 1. The molecule has 0 aliphatic rings. The van der Waals surface area contributed by atoms with Gasteiger partial charge in [0.25, 0.3) is 5.91 Å². The minimum Gasteiger partial charge on any atom is -0.497 e. The quantitative estimate of drug-likeness (QED) is 0.254. The Kier molecular flexibility index (Phi) is 7.43. The van der Waals surface area contributed by atoms with E-state index in [2.05, 4.69) is 0 Å². The summed E-state index contributed by atoms with van der Waals surface area (Å²) < 4.78 is 17.6. The van der Waals surface area contributed by atoms with Crippen LogP contribution in [0.1, 0.15) is 37.7 Å². The maximum atomic E-state index is 13.1. The Morgan fingerprint density at radius 1 is 0.868 bits per heavy atom. The smallest absolute Gasteiger partial charge is 0.341 e. The molecule has 38 heavy (non-hydrogen) atoms. The van der Waals surface area contributed by atoms with Gasteiger partial charge in [-0.1, -0.05) is 24.3 Å². The van der Waals surface area contributed by atoms with Crippen molar-refractivity contribution in [2.45, 2.75) is 20.4 Å². The van der Waals surface area contributed by atoms with Crippen LogP contribution in [0, 0.1) is 13.8 Å². The first-order valence-corrected chi connectivity index (χ1v) is 12.0. The van der Waals surface area contributed by atoms with E-state index in [0.29, 0.717) is 34.8 Å². The number of primary amides is 1. The van der Waals surface area contributed by atoms with Crippen molar-refractivity contribution in [3.63, 3.8) is 0 Å². The Hall–Kier alpha value is -4.72. The van der Waals surface area contributed by atoms with E-state index in [-0.39, 0.29) is 5.56 Å². The van der Waals surface area contributed by atoms with E-state index in [4.69, 9.17) is 25.7 Å². The molecule has 8 heteroatoms. The van der Waals surface area contributed by atoms with E-state index in [9.17, 15) is 9.59 Å². The SMILES string of the molecule is COC(=O)c1ccc(-c2c(-c3ccc(N)cc3C)c(C)n(Cc3ccc(OC)cc3)c2C(N)=O)cc1OC. The molecule has 196 valence electrons. The van der Waals surface area contributed by atoms with Crippen molar-refractivity contribution in [1.29, 1.82) is 0 Å². The third kappa shape index (κ3) is 4.80. The van der Waals surface area contributed by atoms with Gasteiger partial charge in [0.15, 0.2) is 0 Å². The average Bonchev–Trinajstić information content (AvgIpc) is 3.20. The molecule has 0 atom stereocenters. The first-order chi connectivity index (χ1) is 18.2. The van der Waals surface area contributed by atoms with Crippen LogP contribution < -0.4 is 20.9 Å². The molecule has 4 N–H and O–H groups in total. The molecule has 1 heterocycles. The molecule has 0 saturated carbocycles. The number of benzene rings is 3. The minimum absolute atomic E-state index is 0.277. The first-order valence-electron chi connectivity index (χ1n) is 12.0. The lowest BCUT2D eigenvalue weighted by Gasteiger charge is -2.13. The highest BCUT2D eigenvalue weighted by molar-refractivity contribution is 6.05. The Morgan fingerprint density at radius 3 is 2.16 bits per heavy atom. The Bertz CT molecular complexity index is 1520. The summed E-state index contributed by atoms with van der Waals surface area (Å²) in [6.07, 6.45) is 0. The topological polar surface area (TPSA) is 119 Å². The number of aryl methyl sites for hydroxylation is 1. The van der Waals surface area contributed by atoms with Gasteiger partial charge in [0.1, 0.15) is 22.8 Å². The summed E-state index contributed by atoms with van der Waals surface area (Å²) in [6, 6.07) is 18.4. The van der Waals surface area contributed by atoms with Gasteiger partial charge in [-0.25, -0.2) is 4.79 Å². The Balaban J connectivity index is 2.03. The molecular weight excluding hydrogens is 482 g/mol. The second-order valence-corrected chi connectivity index (χ2v) is 8.96. The highest BCUT2D eigenvalue weighted by Crippen LogP contribution is 2.43. The highest BCUT2D eigenvalue weighted by atomic mass is 16.5. The third-order valence-corrected chi connectivity index (χ3v) is 6.67. The number of ether oxygens (including phenoxy) is 3. The standard InChI is InChI=1S/C30H31N3O5/c1-17-14-21(31)9-13-23(17)26-18(2)33(16-19-6-10-22(36-3)11-7-19)28(29(32)34)27(26)20-8-12-24(30(35)38-5)25(15-20)37-4/h6-15H,16,31H2,1-5H3,(H2,32,34). The van der Waals surface area contributed by atoms with Crippen LogP contribution in [-0.4, -0.2) is 37.8 Å². The molecule has 0 radical (unpaired) electrons. The average molecular weight is 514 g/mol. The lowest BCUT2D eigenvalue weighted by Crippen LogP contribution is -2.19. The molecule has 4 aromatic rings. The van der Waals surface area contributed by atoms with Crippen molar-refractivity contribution in [3.05, 3.63) is 88.7 Å². The summed E-state index contributed by atoms with van der Waals surface area (Å²) in [5, 5.41) is 0. The largest absolute Gasteiger partial charge is 0.497 e. The highest BCUT2D eigenvalue weighted by Gasteiger charge is 2.28. The van der Waals surface area contributed by atoms with Crippen LogP contribution in [0.15, 0.2) is 60.7 Å². The van der Waals surface area contributed by atoms with E-state index in [1.165, 1.54) is 14.2 Å². The summed E-state index contributed by atoms with van der Waals surface area (Å²) in [5.74, 6) is -0.0339. The summed E-state index contributed by atoms with van der Waals surface area (Å²) in [4.78, 5) is 25.4. The molecule has 4 rings (SSSR count). The fraction of sp³-hybridized carbons (Fsp3) is 0.200. The predicted molar refractivity (Wildman–Crippen MR) is 148 cm³/mol. The van der Waals surface area contributed by atoms with Crippen LogP contribution in [0.3, 0.4) is 0 Å². The fourth-order valence-electron chi connectivity index (χ4n) is 4.81. The molecule has 0 unspecified atom stereocenters. The van der Waals surface area contributed by atoms with Gasteiger partial charge in [0, 0.05) is 29.1 Å². The molecule has 0 aliphatic heterocycles. The maximum absolute atomic E-state index is 13.1. The lowest BCUT2D eigenvalue weighted by atomic mass is 9.91. The number of rotatable bonds is 8. The number of hydrogen-bond acceptors (Lipinski definition) is 6. The number of nitrogens with zero attached hydrogens (tertiary/aromatic N) is 1. The van der Waals surface area contributed by atoms with E-state index >= 15 is 0 Å². The van der Waals surface area contributed by atoms with Crippen LogP contribution in [0.5, 0.6) is 11.5 Å². The molecule has 0 aliphatic carbocycles. The zero-order valence-corrected chi connectivity index (χ0v) is 22.1. The molecule has 8 nitrogen and oxygen atoms in total. The number of hydrogen-bond donors (Lipinski definition) is 2. The van der Waals surface area contributed by atoms with Crippen LogP contribution in [0.25, 0.3) is 22.3 Å². The van der Waals surface area contributed by atoms with Crippen molar-refractivity contribution < 1.29 is 23.8 Å². The number of methoxy groups -OCH3 is 3. The Labute approximate surface area is 221 Å². The van der Waals surface area contributed by atoms with Gasteiger partial charge >= 0.3 is 5.97 Å². The first kappa shape index (κ1) is 26.3. The summed E-state index contributed by atoms with van der Waals surface area (Å²) >= 11 is 0.